The lowest BCUT2D eigenvalue weighted by molar-refractivity contribution is -0.0936. The largest absolute Gasteiger partial charge is 0.412 e. The number of alkyl halides is 3. The maximum absolute atomic E-state index is 13.6. The lowest BCUT2D eigenvalue weighted by Crippen LogP contribution is -2.33. The second-order valence-electron chi connectivity index (χ2n) is 8.01. The van der Waals surface area contributed by atoms with Gasteiger partial charge in [0.15, 0.2) is 0 Å². The average Bonchev–Trinajstić information content (AvgIpc) is 2.79. The van der Waals surface area contributed by atoms with Gasteiger partial charge in [-0.05, 0) is 63.5 Å². The Bertz CT molecular complexity index is 717. The van der Waals surface area contributed by atoms with Crippen LogP contribution in [-0.4, -0.2) is 62.3 Å². The van der Waals surface area contributed by atoms with Gasteiger partial charge >= 0.3 is 6.18 Å². The van der Waals surface area contributed by atoms with Crippen LogP contribution in [0.15, 0.2) is 57.5 Å². The fourth-order valence-corrected chi connectivity index (χ4v) is 4.58. The van der Waals surface area contributed by atoms with E-state index >= 15 is 0 Å². The SMILES string of the molecule is CCNCCN(CC)CCCCN(C)C(/C=C(\CC)C(F)(F)F)=C(/CC)Sc1ccccc1. The molecule has 7 heteroatoms. The summed E-state index contributed by atoms with van der Waals surface area (Å²) in [5.41, 5.74) is 0.199. The van der Waals surface area contributed by atoms with E-state index in [1.165, 1.54) is 6.08 Å². The van der Waals surface area contributed by atoms with Crippen molar-refractivity contribution in [3.63, 3.8) is 0 Å². The molecule has 3 nitrogen and oxygen atoms in total. The third-order valence-electron chi connectivity index (χ3n) is 5.58. The first-order valence-electron chi connectivity index (χ1n) is 12.1. The van der Waals surface area contributed by atoms with E-state index in [9.17, 15) is 13.2 Å². The molecule has 0 spiro atoms. The molecule has 0 aliphatic heterocycles. The van der Waals surface area contributed by atoms with Crippen molar-refractivity contribution in [2.24, 2.45) is 0 Å². The van der Waals surface area contributed by atoms with Gasteiger partial charge < -0.3 is 15.1 Å². The minimum atomic E-state index is -4.31. The molecule has 0 amide bonds. The van der Waals surface area contributed by atoms with Crippen LogP contribution in [0.5, 0.6) is 0 Å². The van der Waals surface area contributed by atoms with E-state index in [0.717, 1.165) is 61.9 Å². The highest BCUT2D eigenvalue weighted by Crippen LogP contribution is 2.35. The molecule has 0 aliphatic carbocycles. The predicted octanol–water partition coefficient (Wildman–Crippen LogP) is 6.94. The Kier molecular flexibility index (Phi) is 14.6. The normalized spacial score (nSPS) is 13.4. The number of unbranched alkanes of at least 4 members (excludes halogenated alkanes) is 1. The number of benzene rings is 1. The highest BCUT2D eigenvalue weighted by atomic mass is 32.2. The van der Waals surface area contributed by atoms with Gasteiger partial charge in [-0.25, -0.2) is 0 Å². The summed E-state index contributed by atoms with van der Waals surface area (Å²) in [5.74, 6) is 0. The van der Waals surface area contributed by atoms with E-state index in [2.05, 4.69) is 24.1 Å². The molecule has 1 aromatic carbocycles. The van der Waals surface area contributed by atoms with E-state index in [1.807, 2.05) is 49.2 Å². The molecule has 0 fully saturated rings. The highest BCUT2D eigenvalue weighted by molar-refractivity contribution is 8.03. The van der Waals surface area contributed by atoms with Gasteiger partial charge in [-0.1, -0.05) is 57.7 Å². The zero-order valence-electron chi connectivity index (χ0n) is 21.0. The Morgan fingerprint density at radius 1 is 0.970 bits per heavy atom. The summed E-state index contributed by atoms with van der Waals surface area (Å²) in [6.45, 7) is 13.6. The molecular weight excluding hydrogens is 443 g/mol. The summed E-state index contributed by atoms with van der Waals surface area (Å²) in [7, 11) is 1.92. The van der Waals surface area contributed by atoms with E-state index in [0.29, 0.717) is 12.1 Å². The number of halogens is 3. The molecule has 1 N–H and O–H groups in total. The van der Waals surface area contributed by atoms with Crippen LogP contribution in [0.2, 0.25) is 0 Å². The monoisotopic (exact) mass is 485 g/mol. The van der Waals surface area contributed by atoms with Crippen molar-refractivity contribution < 1.29 is 13.2 Å². The van der Waals surface area contributed by atoms with Crippen molar-refractivity contribution in [3.05, 3.63) is 52.6 Å². The van der Waals surface area contributed by atoms with Crippen molar-refractivity contribution in [2.45, 2.75) is 64.5 Å². The molecular formula is C26H42F3N3S. The van der Waals surface area contributed by atoms with E-state index in [4.69, 9.17) is 0 Å². The van der Waals surface area contributed by atoms with E-state index < -0.39 is 11.7 Å². The molecule has 0 radical (unpaired) electrons. The first-order valence-corrected chi connectivity index (χ1v) is 13.0. The third-order valence-corrected chi connectivity index (χ3v) is 6.83. The molecule has 0 atom stereocenters. The smallest absolute Gasteiger partial charge is 0.374 e. The minimum absolute atomic E-state index is 0.0366. The fourth-order valence-electron chi connectivity index (χ4n) is 3.54. The van der Waals surface area contributed by atoms with Crippen LogP contribution in [0, 0.1) is 0 Å². The number of nitrogens with zero attached hydrogens (tertiary/aromatic N) is 2. The number of hydrogen-bond acceptors (Lipinski definition) is 4. The first kappa shape index (κ1) is 29.6. The number of allylic oxidation sites excluding steroid dienone is 3. The zero-order valence-corrected chi connectivity index (χ0v) is 21.8. The molecule has 0 aromatic heterocycles. The molecule has 188 valence electrons. The van der Waals surface area contributed by atoms with Crippen LogP contribution in [0.1, 0.15) is 53.4 Å². The number of hydrogen-bond donors (Lipinski definition) is 1. The van der Waals surface area contributed by atoms with E-state index in [1.54, 1.807) is 18.7 Å². The predicted molar refractivity (Wildman–Crippen MR) is 137 cm³/mol. The average molecular weight is 486 g/mol. The Morgan fingerprint density at radius 2 is 1.64 bits per heavy atom. The fraction of sp³-hybridized carbons (Fsp3) is 0.615. The Hall–Kier alpha value is -1.44. The topological polar surface area (TPSA) is 18.5 Å². The van der Waals surface area contributed by atoms with Crippen LogP contribution in [0.3, 0.4) is 0 Å². The standard InChI is InChI=1S/C26H42F3N3S/c1-6-22(26(27,28)29)21-24(25(7-2)33-23-15-11-10-12-16-23)31(5)18-13-14-19-32(9-4)20-17-30-8-3/h10-12,15-16,21,30H,6-9,13-14,17-20H2,1-5H3/b22-21+,25-24-. The highest BCUT2D eigenvalue weighted by Gasteiger charge is 2.32. The summed E-state index contributed by atoms with van der Waals surface area (Å²) in [4.78, 5) is 6.42. The number of thioether (sulfide) groups is 1. The van der Waals surface area contributed by atoms with Gasteiger partial charge in [0.05, 0.1) is 0 Å². The van der Waals surface area contributed by atoms with Gasteiger partial charge in [-0.15, -0.1) is 0 Å². The second kappa shape index (κ2) is 16.2. The summed E-state index contributed by atoms with van der Waals surface area (Å²) >= 11 is 1.56. The molecule has 0 unspecified atom stereocenters. The molecule has 0 heterocycles. The molecule has 0 aliphatic rings. The summed E-state index contributed by atoms with van der Waals surface area (Å²) < 4.78 is 40.7. The molecule has 0 saturated heterocycles. The Labute approximate surface area is 203 Å². The molecule has 1 rings (SSSR count). The quantitative estimate of drug-likeness (QED) is 0.155. The molecule has 0 saturated carbocycles. The Balaban J connectivity index is 2.97. The lowest BCUT2D eigenvalue weighted by Gasteiger charge is -2.26. The van der Waals surface area contributed by atoms with Crippen molar-refractivity contribution in [3.8, 4) is 0 Å². The summed E-state index contributed by atoms with van der Waals surface area (Å²) in [5, 5.41) is 3.35. The Morgan fingerprint density at radius 3 is 2.18 bits per heavy atom. The summed E-state index contributed by atoms with van der Waals surface area (Å²) in [6, 6.07) is 9.86. The summed E-state index contributed by atoms with van der Waals surface area (Å²) in [6.07, 6.45) is -0.348. The number of rotatable bonds is 16. The zero-order chi connectivity index (χ0) is 24.7. The van der Waals surface area contributed by atoms with Gasteiger partial charge in [0.2, 0.25) is 0 Å². The van der Waals surface area contributed by atoms with Crippen LogP contribution in [0.4, 0.5) is 13.2 Å². The van der Waals surface area contributed by atoms with Gasteiger partial charge in [0.25, 0.3) is 0 Å². The van der Waals surface area contributed by atoms with Crippen LogP contribution < -0.4 is 5.32 Å². The maximum Gasteiger partial charge on any atom is 0.412 e. The van der Waals surface area contributed by atoms with Gasteiger partial charge in [0, 0.05) is 47.8 Å². The van der Waals surface area contributed by atoms with Crippen molar-refractivity contribution in [2.75, 3.05) is 46.3 Å². The maximum atomic E-state index is 13.6. The third kappa shape index (κ3) is 11.5. The molecule has 0 bridgehead atoms. The van der Waals surface area contributed by atoms with Gasteiger partial charge in [-0.3, -0.25) is 0 Å². The number of likely N-dealkylation sites (N-methyl/N-ethyl adjacent to an activating group) is 3. The lowest BCUT2D eigenvalue weighted by atomic mass is 10.1. The van der Waals surface area contributed by atoms with E-state index in [-0.39, 0.29) is 6.42 Å². The minimum Gasteiger partial charge on any atom is -0.374 e. The molecule has 33 heavy (non-hydrogen) atoms. The number of nitrogens with one attached hydrogen (secondary N) is 1. The van der Waals surface area contributed by atoms with Crippen molar-refractivity contribution in [1.29, 1.82) is 0 Å². The van der Waals surface area contributed by atoms with Crippen LogP contribution in [0.25, 0.3) is 0 Å². The van der Waals surface area contributed by atoms with Crippen molar-refractivity contribution in [1.82, 2.24) is 15.1 Å². The molecule has 1 aromatic rings. The first-order chi connectivity index (χ1) is 15.8. The van der Waals surface area contributed by atoms with Crippen LogP contribution in [-0.2, 0) is 0 Å². The van der Waals surface area contributed by atoms with Crippen LogP contribution >= 0.6 is 11.8 Å². The second-order valence-corrected chi connectivity index (χ2v) is 9.18. The van der Waals surface area contributed by atoms with Crippen molar-refractivity contribution >= 4 is 11.8 Å². The van der Waals surface area contributed by atoms with Gasteiger partial charge in [0.1, 0.15) is 0 Å². The van der Waals surface area contributed by atoms with Gasteiger partial charge in [-0.2, -0.15) is 13.2 Å².